The molecule has 0 spiro atoms. The molecule has 2 aromatic rings. The van der Waals surface area contributed by atoms with Gasteiger partial charge in [-0.15, -0.1) is 0 Å². The molecule has 1 fully saturated rings. The fourth-order valence-electron chi connectivity index (χ4n) is 2.63. The molecule has 0 aliphatic carbocycles. The molecule has 1 N–H and O–H groups in total. The molecule has 1 aromatic carbocycles. The standard InChI is InChI=1S/C15H18N2O4S/c1-17-8-6-12(7-9-17)16-22(19,20)13-3-4-14-11(10-13)2-5-15(18)21-14/h2-5,10,12,16H,6-9H2,1H3. The highest BCUT2D eigenvalue weighted by Crippen LogP contribution is 2.19. The van der Waals surface area contributed by atoms with Gasteiger partial charge in [-0.25, -0.2) is 17.9 Å². The number of rotatable bonds is 3. The van der Waals surface area contributed by atoms with Crippen molar-refractivity contribution in [3.05, 3.63) is 40.8 Å². The summed E-state index contributed by atoms with van der Waals surface area (Å²) in [6.45, 7) is 1.77. The number of hydrogen-bond acceptors (Lipinski definition) is 5. The van der Waals surface area contributed by atoms with Crippen LogP contribution in [0.25, 0.3) is 11.0 Å². The number of likely N-dealkylation sites (tertiary alicyclic amines) is 1. The van der Waals surface area contributed by atoms with Gasteiger partial charge in [0.25, 0.3) is 0 Å². The third-order valence-corrected chi connectivity index (χ3v) is 5.46. The summed E-state index contributed by atoms with van der Waals surface area (Å²) in [7, 11) is -1.54. The summed E-state index contributed by atoms with van der Waals surface area (Å²) in [6.07, 6.45) is 1.61. The zero-order chi connectivity index (χ0) is 15.7. The van der Waals surface area contributed by atoms with Gasteiger partial charge in [-0.3, -0.25) is 0 Å². The van der Waals surface area contributed by atoms with Crippen LogP contribution in [0.3, 0.4) is 0 Å². The van der Waals surface area contributed by atoms with Gasteiger partial charge >= 0.3 is 5.63 Å². The summed E-state index contributed by atoms with van der Waals surface area (Å²) in [5, 5.41) is 0.589. The Labute approximate surface area is 128 Å². The minimum absolute atomic E-state index is 0.0365. The van der Waals surface area contributed by atoms with E-state index < -0.39 is 15.6 Å². The lowest BCUT2D eigenvalue weighted by molar-refractivity contribution is 0.248. The van der Waals surface area contributed by atoms with Gasteiger partial charge in [0.15, 0.2) is 0 Å². The van der Waals surface area contributed by atoms with Crippen molar-refractivity contribution in [2.45, 2.75) is 23.8 Å². The number of sulfonamides is 1. The minimum Gasteiger partial charge on any atom is -0.423 e. The van der Waals surface area contributed by atoms with E-state index in [2.05, 4.69) is 9.62 Å². The van der Waals surface area contributed by atoms with E-state index in [4.69, 9.17) is 4.42 Å². The number of nitrogens with zero attached hydrogens (tertiary/aromatic N) is 1. The number of fused-ring (bicyclic) bond motifs is 1. The zero-order valence-corrected chi connectivity index (χ0v) is 13.1. The van der Waals surface area contributed by atoms with Crippen LogP contribution < -0.4 is 10.3 Å². The van der Waals surface area contributed by atoms with Crippen LogP contribution in [0.4, 0.5) is 0 Å². The third kappa shape index (κ3) is 3.21. The molecule has 1 saturated heterocycles. The molecule has 0 bridgehead atoms. The molecule has 1 aromatic heterocycles. The maximum atomic E-state index is 12.5. The molecule has 2 heterocycles. The van der Waals surface area contributed by atoms with Gasteiger partial charge in [0.05, 0.1) is 4.90 Å². The van der Waals surface area contributed by atoms with Gasteiger partial charge in [0.1, 0.15) is 5.58 Å². The van der Waals surface area contributed by atoms with Crippen LogP contribution in [0, 0.1) is 0 Å². The average molecular weight is 322 g/mol. The van der Waals surface area contributed by atoms with Gasteiger partial charge in [-0.2, -0.15) is 0 Å². The number of benzene rings is 1. The molecule has 0 unspecified atom stereocenters. The van der Waals surface area contributed by atoms with Gasteiger partial charge in [0.2, 0.25) is 10.0 Å². The second-order valence-electron chi connectivity index (χ2n) is 5.65. The van der Waals surface area contributed by atoms with E-state index >= 15 is 0 Å². The predicted molar refractivity (Wildman–Crippen MR) is 83.3 cm³/mol. The molecule has 1 aliphatic rings. The molecule has 0 saturated carbocycles. The van der Waals surface area contributed by atoms with Crippen molar-refractivity contribution in [1.29, 1.82) is 0 Å². The Kier molecular flexibility index (Phi) is 4.03. The Bertz CT molecular complexity index is 836. The van der Waals surface area contributed by atoms with Gasteiger partial charge < -0.3 is 9.32 Å². The molecule has 6 nitrogen and oxygen atoms in total. The van der Waals surface area contributed by atoms with Crippen LogP contribution >= 0.6 is 0 Å². The second-order valence-corrected chi connectivity index (χ2v) is 7.37. The molecule has 0 amide bonds. The van der Waals surface area contributed by atoms with Gasteiger partial charge in [-0.05, 0) is 57.2 Å². The van der Waals surface area contributed by atoms with Crippen molar-refractivity contribution in [2.24, 2.45) is 0 Å². The molecule has 0 radical (unpaired) electrons. The van der Waals surface area contributed by atoms with Crippen LogP contribution in [0.2, 0.25) is 0 Å². The Balaban J connectivity index is 1.85. The molecule has 118 valence electrons. The zero-order valence-electron chi connectivity index (χ0n) is 12.3. The Morgan fingerprint density at radius 2 is 1.91 bits per heavy atom. The van der Waals surface area contributed by atoms with E-state index in [-0.39, 0.29) is 10.9 Å². The molecule has 7 heteroatoms. The molecule has 0 atom stereocenters. The van der Waals surface area contributed by atoms with Crippen molar-refractivity contribution in [1.82, 2.24) is 9.62 Å². The first-order valence-electron chi connectivity index (χ1n) is 7.19. The average Bonchev–Trinajstić information content (AvgIpc) is 2.49. The highest BCUT2D eigenvalue weighted by molar-refractivity contribution is 7.89. The normalized spacial score (nSPS) is 17.9. The third-order valence-electron chi connectivity index (χ3n) is 3.94. The number of nitrogens with one attached hydrogen (secondary N) is 1. The SMILES string of the molecule is CN1CCC(NS(=O)(=O)c2ccc3oc(=O)ccc3c2)CC1. The second kappa shape index (κ2) is 5.83. The topological polar surface area (TPSA) is 79.6 Å². The summed E-state index contributed by atoms with van der Waals surface area (Å²) in [6, 6.07) is 7.31. The van der Waals surface area contributed by atoms with Crippen molar-refractivity contribution in [2.75, 3.05) is 20.1 Å². The van der Waals surface area contributed by atoms with Crippen LogP contribution in [0.15, 0.2) is 44.4 Å². The Morgan fingerprint density at radius 3 is 2.64 bits per heavy atom. The largest absolute Gasteiger partial charge is 0.423 e. The van der Waals surface area contributed by atoms with Crippen LogP contribution in [-0.4, -0.2) is 39.5 Å². The van der Waals surface area contributed by atoms with Gasteiger partial charge in [0, 0.05) is 17.5 Å². The van der Waals surface area contributed by atoms with Crippen molar-refractivity contribution >= 4 is 21.0 Å². The van der Waals surface area contributed by atoms with E-state index in [1.807, 2.05) is 7.05 Å². The lowest BCUT2D eigenvalue weighted by atomic mass is 10.1. The van der Waals surface area contributed by atoms with E-state index in [0.29, 0.717) is 11.0 Å². The maximum absolute atomic E-state index is 12.5. The molecular formula is C15H18N2O4S. The van der Waals surface area contributed by atoms with Gasteiger partial charge in [-0.1, -0.05) is 0 Å². The first kappa shape index (κ1) is 15.2. The minimum atomic E-state index is -3.57. The van der Waals surface area contributed by atoms with Crippen LogP contribution in [-0.2, 0) is 10.0 Å². The predicted octanol–water partition coefficient (Wildman–Crippen LogP) is 1.17. The lowest BCUT2D eigenvalue weighted by Crippen LogP contribution is -2.43. The fourth-order valence-corrected chi connectivity index (χ4v) is 3.97. The van der Waals surface area contributed by atoms with E-state index in [1.54, 1.807) is 6.07 Å². The van der Waals surface area contributed by atoms with Crippen molar-refractivity contribution in [3.63, 3.8) is 0 Å². The number of piperidine rings is 1. The summed E-state index contributed by atoms with van der Waals surface area (Å²) in [5.41, 5.74) is -0.0710. The summed E-state index contributed by atoms with van der Waals surface area (Å²) in [5.74, 6) is 0. The first-order chi connectivity index (χ1) is 10.4. The van der Waals surface area contributed by atoms with Crippen molar-refractivity contribution in [3.8, 4) is 0 Å². The highest BCUT2D eigenvalue weighted by atomic mass is 32.2. The summed E-state index contributed by atoms with van der Waals surface area (Å²) >= 11 is 0. The Hall–Kier alpha value is -1.70. The maximum Gasteiger partial charge on any atom is 0.336 e. The van der Waals surface area contributed by atoms with E-state index in [1.165, 1.54) is 24.3 Å². The summed E-state index contributed by atoms with van der Waals surface area (Å²) < 4.78 is 32.7. The highest BCUT2D eigenvalue weighted by Gasteiger charge is 2.23. The lowest BCUT2D eigenvalue weighted by Gasteiger charge is -2.29. The molecule has 22 heavy (non-hydrogen) atoms. The summed E-state index contributed by atoms with van der Waals surface area (Å²) in [4.78, 5) is 13.5. The smallest absolute Gasteiger partial charge is 0.336 e. The quantitative estimate of drug-likeness (QED) is 0.858. The molecule has 3 rings (SSSR count). The van der Waals surface area contributed by atoms with Crippen LogP contribution in [0.5, 0.6) is 0 Å². The number of hydrogen-bond donors (Lipinski definition) is 1. The van der Waals surface area contributed by atoms with Crippen molar-refractivity contribution < 1.29 is 12.8 Å². The fraction of sp³-hybridized carbons (Fsp3) is 0.400. The molecule has 1 aliphatic heterocycles. The monoisotopic (exact) mass is 322 g/mol. The Morgan fingerprint density at radius 1 is 1.18 bits per heavy atom. The van der Waals surface area contributed by atoms with Crippen LogP contribution in [0.1, 0.15) is 12.8 Å². The van der Waals surface area contributed by atoms with E-state index in [0.717, 1.165) is 25.9 Å². The first-order valence-corrected chi connectivity index (χ1v) is 8.67. The van der Waals surface area contributed by atoms with E-state index in [9.17, 15) is 13.2 Å². The molecular weight excluding hydrogens is 304 g/mol.